The molecule has 3 aliphatic rings. The lowest BCUT2D eigenvalue weighted by Gasteiger charge is -2.34. The quantitative estimate of drug-likeness (QED) is 0.831. The molecule has 21 heavy (non-hydrogen) atoms. The van der Waals surface area contributed by atoms with E-state index in [0.717, 1.165) is 45.1 Å². The normalized spacial score (nSPS) is 33.8. The summed E-state index contributed by atoms with van der Waals surface area (Å²) in [6.07, 6.45) is 7.51. The average Bonchev–Trinajstić information content (AvgIpc) is 3.24. The van der Waals surface area contributed by atoms with Crippen LogP contribution in [0.4, 0.5) is 0 Å². The summed E-state index contributed by atoms with van der Waals surface area (Å²) in [7, 11) is -3.02. The van der Waals surface area contributed by atoms with Crippen molar-refractivity contribution in [3.05, 3.63) is 0 Å². The minimum Gasteiger partial charge on any atom is -0.312 e. The van der Waals surface area contributed by atoms with Crippen molar-refractivity contribution in [2.75, 3.05) is 45.5 Å². The molecule has 3 rings (SSSR count). The fraction of sp³-hybridized carbons (Fsp3) is 1.00. The topological polar surface area (TPSA) is 52.7 Å². The van der Waals surface area contributed by atoms with Gasteiger partial charge in [0.2, 0.25) is 10.0 Å². The first-order valence-corrected chi connectivity index (χ1v) is 10.3. The number of piperidine rings is 1. The summed E-state index contributed by atoms with van der Waals surface area (Å²) < 4.78 is 25.1. The molecule has 0 bridgehead atoms. The van der Waals surface area contributed by atoms with E-state index < -0.39 is 10.0 Å². The molecule has 0 radical (unpaired) electrons. The van der Waals surface area contributed by atoms with Gasteiger partial charge in [-0.3, -0.25) is 0 Å². The zero-order valence-electron chi connectivity index (χ0n) is 13.1. The predicted octanol–water partition coefficient (Wildman–Crippen LogP) is 0.732. The molecule has 1 N–H and O–H groups in total. The fourth-order valence-electron chi connectivity index (χ4n) is 3.85. The first kappa shape index (κ1) is 15.7. The van der Waals surface area contributed by atoms with E-state index >= 15 is 0 Å². The highest BCUT2D eigenvalue weighted by Gasteiger charge is 2.34. The molecule has 2 heterocycles. The second-order valence-electron chi connectivity index (χ2n) is 7.14. The van der Waals surface area contributed by atoms with E-state index in [1.54, 1.807) is 4.31 Å². The highest BCUT2D eigenvalue weighted by molar-refractivity contribution is 7.88. The smallest absolute Gasteiger partial charge is 0.211 e. The van der Waals surface area contributed by atoms with Crippen molar-refractivity contribution in [1.82, 2.24) is 14.5 Å². The van der Waals surface area contributed by atoms with E-state index in [2.05, 4.69) is 10.2 Å². The third kappa shape index (κ3) is 4.41. The van der Waals surface area contributed by atoms with Crippen molar-refractivity contribution in [2.45, 2.75) is 38.1 Å². The van der Waals surface area contributed by atoms with Gasteiger partial charge in [-0.15, -0.1) is 0 Å². The molecule has 2 atom stereocenters. The zero-order chi connectivity index (χ0) is 14.9. The van der Waals surface area contributed by atoms with Gasteiger partial charge in [-0.2, -0.15) is 0 Å². The number of rotatable bonds is 4. The van der Waals surface area contributed by atoms with Crippen LogP contribution in [0.25, 0.3) is 0 Å². The van der Waals surface area contributed by atoms with Crippen molar-refractivity contribution in [2.24, 2.45) is 11.8 Å². The van der Waals surface area contributed by atoms with E-state index in [0.29, 0.717) is 18.5 Å². The summed E-state index contributed by atoms with van der Waals surface area (Å²) in [4.78, 5) is 2.58. The summed E-state index contributed by atoms with van der Waals surface area (Å²) in [5.41, 5.74) is 0. The molecule has 3 fully saturated rings. The Morgan fingerprint density at radius 2 is 1.90 bits per heavy atom. The number of hydrogen-bond donors (Lipinski definition) is 1. The molecule has 1 saturated carbocycles. The van der Waals surface area contributed by atoms with Gasteiger partial charge in [0.1, 0.15) is 0 Å². The molecule has 6 heteroatoms. The minimum absolute atomic E-state index is 0.506. The second-order valence-corrected chi connectivity index (χ2v) is 9.12. The molecular weight excluding hydrogens is 286 g/mol. The van der Waals surface area contributed by atoms with Gasteiger partial charge in [0.05, 0.1) is 6.26 Å². The molecule has 2 aliphatic heterocycles. The van der Waals surface area contributed by atoms with E-state index in [1.807, 2.05) is 0 Å². The van der Waals surface area contributed by atoms with Crippen LogP contribution in [0.5, 0.6) is 0 Å². The van der Waals surface area contributed by atoms with E-state index in [1.165, 1.54) is 31.9 Å². The van der Waals surface area contributed by atoms with Crippen LogP contribution in [0, 0.1) is 11.8 Å². The molecule has 2 saturated heterocycles. The summed E-state index contributed by atoms with van der Waals surface area (Å²) in [5.74, 6) is 1.40. The number of sulfonamides is 1. The van der Waals surface area contributed by atoms with Gasteiger partial charge >= 0.3 is 0 Å². The Morgan fingerprint density at radius 1 is 1.10 bits per heavy atom. The molecule has 0 amide bonds. The Hall–Kier alpha value is -0.170. The number of nitrogens with one attached hydrogen (secondary N) is 1. The van der Waals surface area contributed by atoms with Gasteiger partial charge < -0.3 is 10.2 Å². The van der Waals surface area contributed by atoms with Crippen molar-refractivity contribution < 1.29 is 8.42 Å². The number of hydrogen-bond acceptors (Lipinski definition) is 4. The average molecular weight is 315 g/mol. The Bertz CT molecular complexity index is 450. The molecule has 0 aromatic rings. The van der Waals surface area contributed by atoms with Crippen LogP contribution in [0.15, 0.2) is 0 Å². The Labute approximate surface area is 129 Å². The lowest BCUT2D eigenvalue weighted by molar-refractivity contribution is 0.173. The SMILES string of the molecule is CS(=O)(=O)N1CCCC(CN2CCCNC(C3CC3)C2)C1. The van der Waals surface area contributed by atoms with E-state index in [9.17, 15) is 8.42 Å². The molecule has 0 spiro atoms. The minimum atomic E-state index is -3.02. The van der Waals surface area contributed by atoms with Crippen LogP contribution in [-0.4, -0.2) is 69.2 Å². The van der Waals surface area contributed by atoms with E-state index in [-0.39, 0.29) is 0 Å². The van der Waals surface area contributed by atoms with Gasteiger partial charge in [0.15, 0.2) is 0 Å². The molecule has 0 aromatic heterocycles. The first-order chi connectivity index (χ1) is 10.0. The molecule has 1 aliphatic carbocycles. The van der Waals surface area contributed by atoms with Crippen LogP contribution in [-0.2, 0) is 10.0 Å². The maximum atomic E-state index is 11.7. The lowest BCUT2D eigenvalue weighted by atomic mass is 9.98. The van der Waals surface area contributed by atoms with Gasteiger partial charge in [-0.05, 0) is 57.0 Å². The maximum Gasteiger partial charge on any atom is 0.211 e. The standard InChI is InChI=1S/C15H29N3O2S/c1-21(19,20)18-9-2-4-13(11-18)10-17-8-3-7-16-15(12-17)14-5-6-14/h13-16H,2-12H2,1H3. The van der Waals surface area contributed by atoms with Crippen LogP contribution in [0.3, 0.4) is 0 Å². The third-order valence-electron chi connectivity index (χ3n) is 5.17. The van der Waals surface area contributed by atoms with Crippen LogP contribution in [0.2, 0.25) is 0 Å². The van der Waals surface area contributed by atoms with Gasteiger partial charge in [-0.25, -0.2) is 12.7 Å². The summed E-state index contributed by atoms with van der Waals surface area (Å²) in [6, 6.07) is 0.669. The summed E-state index contributed by atoms with van der Waals surface area (Å²) >= 11 is 0. The largest absolute Gasteiger partial charge is 0.312 e. The Balaban J connectivity index is 1.54. The molecule has 0 aromatic carbocycles. The van der Waals surface area contributed by atoms with Gasteiger partial charge in [-0.1, -0.05) is 0 Å². The fourth-order valence-corrected chi connectivity index (χ4v) is 4.79. The maximum absolute atomic E-state index is 11.7. The molecular formula is C15H29N3O2S. The van der Waals surface area contributed by atoms with Crippen molar-refractivity contribution >= 4 is 10.0 Å². The monoisotopic (exact) mass is 315 g/mol. The first-order valence-electron chi connectivity index (χ1n) is 8.43. The third-order valence-corrected chi connectivity index (χ3v) is 6.44. The molecule has 5 nitrogen and oxygen atoms in total. The van der Waals surface area contributed by atoms with E-state index in [4.69, 9.17) is 0 Å². The highest BCUT2D eigenvalue weighted by atomic mass is 32.2. The van der Waals surface area contributed by atoms with Crippen molar-refractivity contribution in [1.29, 1.82) is 0 Å². The van der Waals surface area contributed by atoms with Crippen molar-refractivity contribution in [3.63, 3.8) is 0 Å². The lowest BCUT2D eigenvalue weighted by Crippen LogP contribution is -2.45. The van der Waals surface area contributed by atoms with Crippen molar-refractivity contribution in [3.8, 4) is 0 Å². The second kappa shape index (κ2) is 6.52. The Kier molecular flexibility index (Phi) is 4.88. The van der Waals surface area contributed by atoms with Crippen LogP contribution >= 0.6 is 0 Å². The predicted molar refractivity (Wildman–Crippen MR) is 84.7 cm³/mol. The Morgan fingerprint density at radius 3 is 2.62 bits per heavy atom. The molecule has 122 valence electrons. The highest BCUT2D eigenvalue weighted by Crippen LogP contribution is 2.33. The summed E-state index contributed by atoms with van der Waals surface area (Å²) in [5, 5.41) is 3.70. The van der Waals surface area contributed by atoms with Gasteiger partial charge in [0, 0.05) is 32.2 Å². The summed E-state index contributed by atoms with van der Waals surface area (Å²) in [6.45, 7) is 5.94. The van der Waals surface area contributed by atoms with Crippen LogP contribution < -0.4 is 5.32 Å². The zero-order valence-corrected chi connectivity index (χ0v) is 13.9. The molecule has 2 unspecified atom stereocenters. The van der Waals surface area contributed by atoms with Crippen LogP contribution in [0.1, 0.15) is 32.1 Å². The number of nitrogens with zero attached hydrogens (tertiary/aromatic N) is 2. The van der Waals surface area contributed by atoms with Gasteiger partial charge in [0.25, 0.3) is 0 Å².